The number of carboxylic acids is 1. The smallest absolute Gasteiger partial charge is 0.354 e. The van der Waals surface area contributed by atoms with Crippen molar-refractivity contribution in [1.82, 2.24) is 9.97 Å². The lowest BCUT2D eigenvalue weighted by Gasteiger charge is -2.02. The summed E-state index contributed by atoms with van der Waals surface area (Å²) in [5.41, 5.74) is 5.22. The first kappa shape index (κ1) is 9.40. The number of nitrogens with one attached hydrogen (secondary N) is 1. The van der Waals surface area contributed by atoms with Crippen LogP contribution in [0.2, 0.25) is 0 Å². The van der Waals surface area contributed by atoms with Gasteiger partial charge in [0.25, 0.3) is 0 Å². The third kappa shape index (κ3) is 2.68. The molecule has 0 aliphatic rings. The maximum atomic E-state index is 10.5. The molecular weight excluding hydrogens is 172 g/mol. The summed E-state index contributed by atoms with van der Waals surface area (Å²) < 4.78 is 0. The molecule has 1 heterocycles. The summed E-state index contributed by atoms with van der Waals surface area (Å²) in [6.45, 7) is 1.02. The first-order valence-corrected chi connectivity index (χ1v) is 3.73. The maximum absolute atomic E-state index is 10.5. The Hall–Kier alpha value is -1.69. The molecule has 1 aromatic rings. The second kappa shape index (κ2) is 4.36. The van der Waals surface area contributed by atoms with Crippen molar-refractivity contribution in [1.29, 1.82) is 0 Å². The summed E-state index contributed by atoms with van der Waals surface area (Å²) in [6.07, 6.45) is 1.20. The van der Waals surface area contributed by atoms with E-state index in [2.05, 4.69) is 15.3 Å². The molecule has 0 aromatic carbocycles. The molecule has 0 fully saturated rings. The topological polar surface area (TPSA) is 101 Å². The highest BCUT2D eigenvalue weighted by Crippen LogP contribution is 2.02. The van der Waals surface area contributed by atoms with Gasteiger partial charge < -0.3 is 16.2 Å². The van der Waals surface area contributed by atoms with Crippen molar-refractivity contribution < 1.29 is 9.90 Å². The van der Waals surface area contributed by atoms with Crippen LogP contribution in [0.5, 0.6) is 0 Å². The number of anilines is 1. The van der Waals surface area contributed by atoms with E-state index in [1.54, 1.807) is 0 Å². The zero-order chi connectivity index (χ0) is 9.68. The fourth-order valence-electron chi connectivity index (χ4n) is 0.771. The standard InChI is InChI=1S/C7H10N4O2/c8-1-2-9-6-3-5(7(12)13)10-4-11-6/h3-4H,1-2,8H2,(H,12,13)(H,9,10,11). The molecule has 0 bridgehead atoms. The van der Waals surface area contributed by atoms with Crippen molar-refractivity contribution >= 4 is 11.8 Å². The number of nitrogens with zero attached hydrogens (tertiary/aromatic N) is 2. The van der Waals surface area contributed by atoms with E-state index >= 15 is 0 Å². The Labute approximate surface area is 74.8 Å². The van der Waals surface area contributed by atoms with Crippen molar-refractivity contribution in [2.24, 2.45) is 5.73 Å². The highest BCUT2D eigenvalue weighted by atomic mass is 16.4. The monoisotopic (exact) mass is 182 g/mol. The number of aromatic carboxylic acids is 1. The SMILES string of the molecule is NCCNc1cc(C(=O)O)ncn1. The zero-order valence-electron chi connectivity index (χ0n) is 6.90. The van der Waals surface area contributed by atoms with Crippen molar-refractivity contribution in [3.05, 3.63) is 18.1 Å². The Bertz CT molecular complexity index is 302. The van der Waals surface area contributed by atoms with Crippen LogP contribution in [-0.4, -0.2) is 34.1 Å². The van der Waals surface area contributed by atoms with Gasteiger partial charge in [0.1, 0.15) is 12.1 Å². The Balaban J connectivity index is 2.73. The molecule has 0 unspecified atom stereocenters. The summed E-state index contributed by atoms with van der Waals surface area (Å²) in [4.78, 5) is 17.9. The molecule has 0 aliphatic heterocycles. The summed E-state index contributed by atoms with van der Waals surface area (Å²) in [5.74, 6) is -0.601. The van der Waals surface area contributed by atoms with Crippen molar-refractivity contribution in [2.45, 2.75) is 0 Å². The van der Waals surface area contributed by atoms with E-state index in [0.717, 1.165) is 0 Å². The molecular formula is C7H10N4O2. The number of hydrogen-bond acceptors (Lipinski definition) is 5. The minimum absolute atomic E-state index is 0.0329. The van der Waals surface area contributed by atoms with Crippen molar-refractivity contribution in [2.75, 3.05) is 18.4 Å². The van der Waals surface area contributed by atoms with Gasteiger partial charge in [0.2, 0.25) is 0 Å². The van der Waals surface area contributed by atoms with Crippen LogP contribution in [0.1, 0.15) is 10.5 Å². The first-order valence-electron chi connectivity index (χ1n) is 3.73. The van der Waals surface area contributed by atoms with Crippen LogP contribution in [0.3, 0.4) is 0 Å². The molecule has 0 saturated carbocycles. The number of carbonyl (C=O) groups is 1. The van der Waals surface area contributed by atoms with Crippen LogP contribution in [0, 0.1) is 0 Å². The van der Waals surface area contributed by atoms with E-state index in [-0.39, 0.29) is 5.69 Å². The quantitative estimate of drug-likeness (QED) is 0.582. The molecule has 0 atom stereocenters. The molecule has 4 N–H and O–H groups in total. The lowest BCUT2D eigenvalue weighted by molar-refractivity contribution is 0.0690. The van der Waals surface area contributed by atoms with Crippen molar-refractivity contribution in [3.8, 4) is 0 Å². The molecule has 6 nitrogen and oxygen atoms in total. The van der Waals surface area contributed by atoms with E-state index in [1.165, 1.54) is 12.4 Å². The lowest BCUT2D eigenvalue weighted by atomic mass is 10.4. The highest BCUT2D eigenvalue weighted by Gasteiger charge is 2.04. The van der Waals surface area contributed by atoms with Crippen LogP contribution in [0.4, 0.5) is 5.82 Å². The van der Waals surface area contributed by atoms with Crippen molar-refractivity contribution in [3.63, 3.8) is 0 Å². The van der Waals surface area contributed by atoms with Gasteiger partial charge in [-0.15, -0.1) is 0 Å². The average molecular weight is 182 g/mol. The van der Waals surface area contributed by atoms with Crippen LogP contribution in [-0.2, 0) is 0 Å². The van der Waals surface area contributed by atoms with Crippen LogP contribution >= 0.6 is 0 Å². The average Bonchev–Trinajstić information content (AvgIpc) is 2.15. The van der Waals surface area contributed by atoms with Gasteiger partial charge in [-0.1, -0.05) is 0 Å². The maximum Gasteiger partial charge on any atom is 0.354 e. The summed E-state index contributed by atoms with van der Waals surface area (Å²) >= 11 is 0. The number of aromatic nitrogens is 2. The van der Waals surface area contributed by atoms with Crippen LogP contribution in [0.25, 0.3) is 0 Å². The molecule has 1 aromatic heterocycles. The second-order valence-corrected chi connectivity index (χ2v) is 2.31. The van der Waals surface area contributed by atoms with E-state index in [9.17, 15) is 4.79 Å². The summed E-state index contributed by atoms with van der Waals surface area (Å²) in [5, 5.41) is 11.4. The molecule has 1 rings (SSSR count). The number of rotatable bonds is 4. The molecule has 6 heteroatoms. The molecule has 13 heavy (non-hydrogen) atoms. The van der Waals surface area contributed by atoms with Crippen LogP contribution < -0.4 is 11.1 Å². The molecule has 0 aliphatic carbocycles. The lowest BCUT2D eigenvalue weighted by Crippen LogP contribution is -2.14. The normalized spacial score (nSPS) is 9.62. The van der Waals surface area contributed by atoms with Gasteiger partial charge in [0.05, 0.1) is 0 Å². The minimum atomic E-state index is -1.07. The van der Waals surface area contributed by atoms with E-state index in [0.29, 0.717) is 18.9 Å². The van der Waals surface area contributed by atoms with Crippen LogP contribution in [0.15, 0.2) is 12.4 Å². The Morgan fingerprint density at radius 1 is 1.62 bits per heavy atom. The summed E-state index contributed by atoms with van der Waals surface area (Å²) in [7, 11) is 0. The molecule has 0 amide bonds. The fourth-order valence-corrected chi connectivity index (χ4v) is 0.771. The number of hydrogen-bond donors (Lipinski definition) is 3. The van der Waals surface area contributed by atoms with Gasteiger partial charge in [-0.2, -0.15) is 0 Å². The largest absolute Gasteiger partial charge is 0.477 e. The number of nitrogens with two attached hydrogens (primary N) is 1. The third-order valence-corrected chi connectivity index (χ3v) is 1.34. The zero-order valence-corrected chi connectivity index (χ0v) is 6.90. The summed E-state index contributed by atoms with van der Waals surface area (Å²) in [6, 6.07) is 1.36. The van der Waals surface area contributed by atoms with Gasteiger partial charge in [-0.3, -0.25) is 0 Å². The molecule has 0 saturated heterocycles. The van der Waals surface area contributed by atoms with Gasteiger partial charge in [-0.05, 0) is 0 Å². The number of carboxylic acid groups (broad SMARTS) is 1. The molecule has 70 valence electrons. The van der Waals surface area contributed by atoms with Gasteiger partial charge in [-0.25, -0.2) is 14.8 Å². The van der Waals surface area contributed by atoms with Gasteiger partial charge in [0.15, 0.2) is 5.69 Å². The van der Waals surface area contributed by atoms with E-state index in [4.69, 9.17) is 10.8 Å². The first-order chi connectivity index (χ1) is 6.24. The molecule has 0 radical (unpaired) electrons. The predicted molar refractivity (Wildman–Crippen MR) is 46.5 cm³/mol. The van der Waals surface area contributed by atoms with E-state index in [1.807, 2.05) is 0 Å². The predicted octanol–water partition coefficient (Wildman–Crippen LogP) is -0.455. The second-order valence-electron chi connectivity index (χ2n) is 2.31. The Kier molecular flexibility index (Phi) is 3.15. The highest BCUT2D eigenvalue weighted by molar-refractivity contribution is 5.85. The molecule has 0 spiro atoms. The third-order valence-electron chi connectivity index (χ3n) is 1.34. The fraction of sp³-hybridized carbons (Fsp3) is 0.286. The Morgan fingerprint density at radius 2 is 2.38 bits per heavy atom. The van der Waals surface area contributed by atoms with Gasteiger partial charge in [0, 0.05) is 19.2 Å². The Morgan fingerprint density at radius 3 is 3.00 bits per heavy atom. The minimum Gasteiger partial charge on any atom is -0.477 e. The van der Waals surface area contributed by atoms with E-state index < -0.39 is 5.97 Å². The van der Waals surface area contributed by atoms with Gasteiger partial charge >= 0.3 is 5.97 Å².